The van der Waals surface area contributed by atoms with Crippen LogP contribution in [-0.4, -0.2) is 25.0 Å². The number of halogens is 1. The third kappa shape index (κ3) is 2.87. The number of carbonyl (C=O) groups is 1. The minimum Gasteiger partial charge on any atom is -0.368 e. The molecule has 4 nitrogen and oxygen atoms in total. The van der Waals surface area contributed by atoms with E-state index < -0.39 is 0 Å². The van der Waals surface area contributed by atoms with Crippen LogP contribution < -0.4 is 16.0 Å². The number of anilines is 1. The fraction of sp³-hybridized carbons (Fsp3) is 0.500. The summed E-state index contributed by atoms with van der Waals surface area (Å²) in [5.74, 6) is -0.579. The fourth-order valence-electron chi connectivity index (χ4n) is 2.59. The molecule has 0 radical (unpaired) electrons. The van der Waals surface area contributed by atoms with E-state index in [0.717, 1.165) is 31.6 Å². The molecule has 0 saturated carbocycles. The SMILES string of the molecule is CCNCc1c(F)cccc1N1CCCC1C(N)=O. The van der Waals surface area contributed by atoms with Gasteiger partial charge in [-0.25, -0.2) is 4.39 Å². The molecule has 1 aliphatic heterocycles. The minimum atomic E-state index is -0.337. The van der Waals surface area contributed by atoms with Gasteiger partial charge in [-0.2, -0.15) is 0 Å². The number of nitrogens with zero attached hydrogens (tertiary/aromatic N) is 1. The molecule has 1 atom stereocenters. The van der Waals surface area contributed by atoms with E-state index in [1.807, 2.05) is 17.9 Å². The van der Waals surface area contributed by atoms with Crippen molar-refractivity contribution in [2.75, 3.05) is 18.0 Å². The lowest BCUT2D eigenvalue weighted by atomic mass is 10.1. The summed E-state index contributed by atoms with van der Waals surface area (Å²) in [4.78, 5) is 13.4. The van der Waals surface area contributed by atoms with Crippen molar-refractivity contribution in [2.45, 2.75) is 32.4 Å². The molecule has 1 aliphatic rings. The topological polar surface area (TPSA) is 58.4 Å². The summed E-state index contributed by atoms with van der Waals surface area (Å²) in [5.41, 5.74) is 6.81. The number of hydrogen-bond donors (Lipinski definition) is 2. The molecule has 1 amide bonds. The van der Waals surface area contributed by atoms with Crippen molar-refractivity contribution in [3.63, 3.8) is 0 Å². The monoisotopic (exact) mass is 265 g/mol. The number of nitrogens with one attached hydrogen (secondary N) is 1. The second-order valence-electron chi connectivity index (χ2n) is 4.77. The number of hydrogen-bond acceptors (Lipinski definition) is 3. The first-order valence-electron chi connectivity index (χ1n) is 6.69. The fourth-order valence-corrected chi connectivity index (χ4v) is 2.59. The Kier molecular flexibility index (Phi) is 4.37. The minimum absolute atomic E-state index is 0.242. The van der Waals surface area contributed by atoms with Crippen molar-refractivity contribution in [1.29, 1.82) is 0 Å². The molecule has 0 spiro atoms. The quantitative estimate of drug-likeness (QED) is 0.846. The molecule has 19 heavy (non-hydrogen) atoms. The predicted molar refractivity (Wildman–Crippen MR) is 73.3 cm³/mol. The van der Waals surface area contributed by atoms with Gasteiger partial charge in [-0.05, 0) is 31.5 Å². The van der Waals surface area contributed by atoms with Crippen molar-refractivity contribution in [2.24, 2.45) is 5.73 Å². The van der Waals surface area contributed by atoms with E-state index in [-0.39, 0.29) is 17.8 Å². The zero-order valence-corrected chi connectivity index (χ0v) is 11.2. The van der Waals surface area contributed by atoms with Gasteiger partial charge in [-0.3, -0.25) is 4.79 Å². The molecule has 5 heteroatoms. The Morgan fingerprint density at radius 1 is 1.58 bits per heavy atom. The molecule has 1 fully saturated rings. The molecular formula is C14H20FN3O. The van der Waals surface area contributed by atoms with Crippen LogP contribution in [0.2, 0.25) is 0 Å². The highest BCUT2D eigenvalue weighted by Crippen LogP contribution is 2.30. The summed E-state index contributed by atoms with van der Waals surface area (Å²) in [5, 5.41) is 3.13. The number of primary amides is 1. The number of rotatable bonds is 5. The molecule has 1 heterocycles. The molecule has 1 aromatic rings. The lowest BCUT2D eigenvalue weighted by Crippen LogP contribution is -2.41. The zero-order chi connectivity index (χ0) is 13.8. The Labute approximate surface area is 112 Å². The van der Waals surface area contributed by atoms with Crippen LogP contribution in [0.3, 0.4) is 0 Å². The van der Waals surface area contributed by atoms with Crippen molar-refractivity contribution in [1.82, 2.24) is 5.32 Å². The molecule has 1 unspecified atom stereocenters. The lowest BCUT2D eigenvalue weighted by Gasteiger charge is -2.27. The summed E-state index contributed by atoms with van der Waals surface area (Å²) in [6.07, 6.45) is 1.65. The van der Waals surface area contributed by atoms with Gasteiger partial charge in [0.15, 0.2) is 0 Å². The summed E-state index contributed by atoms with van der Waals surface area (Å²) in [6, 6.07) is 4.67. The van der Waals surface area contributed by atoms with Gasteiger partial charge >= 0.3 is 0 Å². The number of nitrogens with two attached hydrogens (primary N) is 1. The van der Waals surface area contributed by atoms with Gasteiger partial charge in [0, 0.05) is 24.3 Å². The highest BCUT2D eigenvalue weighted by atomic mass is 19.1. The number of carbonyl (C=O) groups excluding carboxylic acids is 1. The number of amides is 1. The molecule has 0 bridgehead atoms. The summed E-state index contributed by atoms with van der Waals surface area (Å²) < 4.78 is 14.0. The van der Waals surface area contributed by atoms with Crippen LogP contribution in [0.25, 0.3) is 0 Å². The predicted octanol–water partition coefficient (Wildman–Crippen LogP) is 1.39. The van der Waals surface area contributed by atoms with Gasteiger partial charge in [-0.1, -0.05) is 13.0 Å². The van der Waals surface area contributed by atoms with Gasteiger partial charge in [-0.15, -0.1) is 0 Å². The molecule has 104 valence electrons. The van der Waals surface area contributed by atoms with Crippen LogP contribution in [0.15, 0.2) is 18.2 Å². The highest BCUT2D eigenvalue weighted by molar-refractivity contribution is 5.84. The van der Waals surface area contributed by atoms with Gasteiger partial charge in [0.1, 0.15) is 11.9 Å². The van der Waals surface area contributed by atoms with Crippen LogP contribution in [0, 0.1) is 5.82 Å². The maximum absolute atomic E-state index is 14.0. The normalized spacial score (nSPS) is 18.8. The lowest BCUT2D eigenvalue weighted by molar-refractivity contribution is -0.119. The van der Waals surface area contributed by atoms with Crippen molar-refractivity contribution < 1.29 is 9.18 Å². The highest BCUT2D eigenvalue weighted by Gasteiger charge is 2.30. The summed E-state index contributed by atoms with van der Waals surface area (Å²) in [6.45, 7) is 3.95. The Morgan fingerprint density at radius 3 is 3.05 bits per heavy atom. The molecule has 0 aromatic heterocycles. The van der Waals surface area contributed by atoms with Crippen LogP contribution >= 0.6 is 0 Å². The Morgan fingerprint density at radius 2 is 2.37 bits per heavy atom. The third-order valence-corrected chi connectivity index (χ3v) is 3.54. The number of benzene rings is 1. The maximum Gasteiger partial charge on any atom is 0.240 e. The molecule has 0 aliphatic carbocycles. The van der Waals surface area contributed by atoms with Gasteiger partial charge in [0.25, 0.3) is 0 Å². The second kappa shape index (κ2) is 6.02. The van der Waals surface area contributed by atoms with E-state index in [1.165, 1.54) is 6.07 Å². The van der Waals surface area contributed by atoms with Crippen LogP contribution in [0.4, 0.5) is 10.1 Å². The Hall–Kier alpha value is -1.62. The average Bonchev–Trinajstić information content (AvgIpc) is 2.86. The standard InChI is InChI=1S/C14H20FN3O/c1-2-17-9-10-11(15)5-3-6-12(10)18-8-4-7-13(18)14(16)19/h3,5-6,13,17H,2,4,7-9H2,1H3,(H2,16,19). The molecule has 3 N–H and O–H groups in total. The zero-order valence-electron chi connectivity index (χ0n) is 11.2. The first-order valence-corrected chi connectivity index (χ1v) is 6.69. The summed E-state index contributed by atoms with van der Waals surface area (Å²) in [7, 11) is 0. The van der Waals surface area contributed by atoms with E-state index in [4.69, 9.17) is 5.73 Å². The van der Waals surface area contributed by atoms with E-state index in [9.17, 15) is 9.18 Å². The molecule has 1 aromatic carbocycles. The van der Waals surface area contributed by atoms with E-state index in [0.29, 0.717) is 12.1 Å². The van der Waals surface area contributed by atoms with Crippen molar-refractivity contribution in [3.05, 3.63) is 29.6 Å². The second-order valence-corrected chi connectivity index (χ2v) is 4.77. The summed E-state index contributed by atoms with van der Waals surface area (Å²) >= 11 is 0. The van der Waals surface area contributed by atoms with Gasteiger partial charge in [0.2, 0.25) is 5.91 Å². The Bertz CT molecular complexity index is 464. The molecule has 1 saturated heterocycles. The van der Waals surface area contributed by atoms with Crippen molar-refractivity contribution >= 4 is 11.6 Å². The molecule has 2 rings (SSSR count). The largest absolute Gasteiger partial charge is 0.368 e. The van der Waals surface area contributed by atoms with Crippen LogP contribution in [0.1, 0.15) is 25.3 Å². The van der Waals surface area contributed by atoms with E-state index in [2.05, 4.69) is 5.32 Å². The van der Waals surface area contributed by atoms with Crippen LogP contribution in [-0.2, 0) is 11.3 Å². The third-order valence-electron chi connectivity index (χ3n) is 3.54. The smallest absolute Gasteiger partial charge is 0.240 e. The van der Waals surface area contributed by atoms with Gasteiger partial charge in [0.05, 0.1) is 0 Å². The van der Waals surface area contributed by atoms with Crippen molar-refractivity contribution in [3.8, 4) is 0 Å². The first kappa shape index (κ1) is 13.8. The van der Waals surface area contributed by atoms with Crippen LogP contribution in [0.5, 0.6) is 0 Å². The maximum atomic E-state index is 14.0. The average molecular weight is 265 g/mol. The van der Waals surface area contributed by atoms with E-state index >= 15 is 0 Å². The Balaban J connectivity index is 2.32. The van der Waals surface area contributed by atoms with E-state index in [1.54, 1.807) is 6.07 Å². The molecular weight excluding hydrogens is 245 g/mol. The van der Waals surface area contributed by atoms with Gasteiger partial charge < -0.3 is 16.0 Å². The first-order chi connectivity index (χ1) is 9.15.